The summed E-state index contributed by atoms with van der Waals surface area (Å²) >= 11 is 1.38. The van der Waals surface area contributed by atoms with Crippen molar-refractivity contribution in [3.05, 3.63) is 17.7 Å². The second kappa shape index (κ2) is 7.46. The van der Waals surface area contributed by atoms with Crippen molar-refractivity contribution in [1.82, 2.24) is 9.88 Å². The third kappa shape index (κ3) is 3.84. The third-order valence-electron chi connectivity index (χ3n) is 4.52. The second-order valence-corrected chi connectivity index (χ2v) is 8.60. The SMILES string of the molecule is COC(=O)c1ccc(N2CC(N(C)C(=O)OC(C)(C)C)C2)c2sc(OC)nc12. The molecule has 1 amide bonds. The van der Waals surface area contributed by atoms with E-state index in [1.807, 2.05) is 26.8 Å². The third-order valence-corrected chi connectivity index (χ3v) is 5.55. The van der Waals surface area contributed by atoms with Gasteiger partial charge in [-0.1, -0.05) is 11.3 Å². The van der Waals surface area contributed by atoms with E-state index in [0.29, 0.717) is 29.4 Å². The Balaban J connectivity index is 1.80. The van der Waals surface area contributed by atoms with E-state index < -0.39 is 11.6 Å². The minimum Gasteiger partial charge on any atom is -0.473 e. The number of nitrogens with zero attached hydrogens (tertiary/aromatic N) is 3. The van der Waals surface area contributed by atoms with Crippen LogP contribution in [0.2, 0.25) is 0 Å². The van der Waals surface area contributed by atoms with Crippen LogP contribution in [0.1, 0.15) is 31.1 Å². The van der Waals surface area contributed by atoms with Gasteiger partial charge in [-0.05, 0) is 32.9 Å². The van der Waals surface area contributed by atoms with Gasteiger partial charge >= 0.3 is 12.1 Å². The van der Waals surface area contributed by atoms with E-state index in [9.17, 15) is 9.59 Å². The molecular weight excluding hydrogens is 382 g/mol. The summed E-state index contributed by atoms with van der Waals surface area (Å²) in [5.41, 5.74) is 1.40. The zero-order valence-electron chi connectivity index (χ0n) is 16.9. The molecule has 1 saturated heterocycles. The molecule has 1 fully saturated rings. The number of esters is 1. The number of carbonyl (C=O) groups is 2. The van der Waals surface area contributed by atoms with Crippen molar-refractivity contribution < 1.29 is 23.8 Å². The molecule has 2 heterocycles. The lowest BCUT2D eigenvalue weighted by atomic mass is 10.1. The van der Waals surface area contributed by atoms with E-state index >= 15 is 0 Å². The van der Waals surface area contributed by atoms with Crippen molar-refractivity contribution in [1.29, 1.82) is 0 Å². The molecule has 0 aliphatic carbocycles. The molecule has 0 radical (unpaired) electrons. The van der Waals surface area contributed by atoms with E-state index in [4.69, 9.17) is 14.2 Å². The van der Waals surface area contributed by atoms with Crippen molar-refractivity contribution in [2.24, 2.45) is 0 Å². The van der Waals surface area contributed by atoms with Crippen LogP contribution < -0.4 is 9.64 Å². The number of rotatable bonds is 4. The highest BCUT2D eigenvalue weighted by atomic mass is 32.1. The zero-order valence-corrected chi connectivity index (χ0v) is 17.8. The van der Waals surface area contributed by atoms with Crippen molar-refractivity contribution in [2.75, 3.05) is 39.3 Å². The number of amides is 1. The van der Waals surface area contributed by atoms with Crippen LogP contribution in [0.15, 0.2) is 12.1 Å². The van der Waals surface area contributed by atoms with Gasteiger partial charge in [0.25, 0.3) is 5.19 Å². The number of methoxy groups -OCH3 is 2. The number of benzene rings is 1. The van der Waals surface area contributed by atoms with Crippen molar-refractivity contribution in [3.63, 3.8) is 0 Å². The standard InChI is InChI=1S/C19H25N3O5S/c1-19(2,3)27-18(24)21(4)11-9-22(10-11)13-8-7-12(16(23)25-5)14-15(13)28-17(20-14)26-6/h7-8,11H,9-10H2,1-6H3. The van der Waals surface area contributed by atoms with Gasteiger partial charge in [-0.2, -0.15) is 0 Å². The van der Waals surface area contributed by atoms with E-state index in [1.165, 1.54) is 18.4 Å². The van der Waals surface area contributed by atoms with Crippen LogP contribution in [0.3, 0.4) is 0 Å². The average Bonchev–Trinajstić information content (AvgIpc) is 3.02. The fourth-order valence-electron chi connectivity index (χ4n) is 2.96. The quantitative estimate of drug-likeness (QED) is 0.720. The fourth-order valence-corrected chi connectivity index (χ4v) is 3.91. The first-order chi connectivity index (χ1) is 13.1. The topological polar surface area (TPSA) is 81.2 Å². The van der Waals surface area contributed by atoms with Crippen LogP contribution in [-0.4, -0.2) is 67.9 Å². The predicted octanol–water partition coefficient (Wildman–Crippen LogP) is 3.15. The summed E-state index contributed by atoms with van der Waals surface area (Å²) < 4.78 is 16.4. The van der Waals surface area contributed by atoms with Crippen LogP contribution >= 0.6 is 11.3 Å². The van der Waals surface area contributed by atoms with Crippen LogP contribution in [0.5, 0.6) is 5.19 Å². The minimum atomic E-state index is -0.524. The molecule has 0 atom stereocenters. The number of likely N-dealkylation sites (N-methyl/N-ethyl adjacent to an activating group) is 1. The Morgan fingerprint density at radius 2 is 1.93 bits per heavy atom. The Kier molecular flexibility index (Phi) is 5.38. The monoisotopic (exact) mass is 407 g/mol. The first-order valence-corrected chi connectivity index (χ1v) is 9.73. The van der Waals surface area contributed by atoms with Crippen LogP contribution in [0, 0.1) is 0 Å². The maximum Gasteiger partial charge on any atom is 0.410 e. The number of aromatic nitrogens is 1. The molecule has 152 valence electrons. The van der Waals surface area contributed by atoms with Crippen LogP contribution in [-0.2, 0) is 9.47 Å². The molecule has 9 heteroatoms. The number of hydrogen-bond acceptors (Lipinski definition) is 8. The van der Waals surface area contributed by atoms with Gasteiger partial charge in [0.15, 0.2) is 0 Å². The maximum atomic E-state index is 12.3. The lowest BCUT2D eigenvalue weighted by molar-refractivity contribution is 0.0197. The Morgan fingerprint density at radius 1 is 1.25 bits per heavy atom. The smallest absolute Gasteiger partial charge is 0.410 e. The summed E-state index contributed by atoms with van der Waals surface area (Å²) in [6.45, 7) is 6.89. The molecule has 0 saturated carbocycles. The molecule has 1 aliphatic heterocycles. The summed E-state index contributed by atoms with van der Waals surface area (Å²) in [6.07, 6.45) is -0.331. The van der Waals surface area contributed by atoms with Crippen molar-refractivity contribution in [3.8, 4) is 5.19 Å². The molecule has 1 aliphatic rings. The first kappa shape index (κ1) is 20.2. The van der Waals surface area contributed by atoms with Gasteiger partial charge in [0.1, 0.15) is 11.1 Å². The van der Waals surface area contributed by atoms with Gasteiger partial charge in [-0.3, -0.25) is 0 Å². The molecule has 1 aromatic heterocycles. The molecule has 2 aromatic rings. The van der Waals surface area contributed by atoms with Crippen LogP contribution in [0.25, 0.3) is 10.2 Å². The number of hydrogen-bond donors (Lipinski definition) is 0. The average molecular weight is 407 g/mol. The highest BCUT2D eigenvalue weighted by Gasteiger charge is 2.36. The van der Waals surface area contributed by atoms with Crippen molar-refractivity contribution in [2.45, 2.75) is 32.4 Å². The number of anilines is 1. The van der Waals surface area contributed by atoms with Gasteiger partial charge < -0.3 is 24.0 Å². The van der Waals surface area contributed by atoms with Crippen molar-refractivity contribution >= 4 is 39.3 Å². The highest BCUT2D eigenvalue weighted by Crippen LogP contribution is 2.39. The van der Waals surface area contributed by atoms with Gasteiger partial charge in [-0.25, -0.2) is 14.6 Å². The predicted molar refractivity (Wildman–Crippen MR) is 108 cm³/mol. The highest BCUT2D eigenvalue weighted by molar-refractivity contribution is 7.20. The molecule has 0 bridgehead atoms. The summed E-state index contributed by atoms with van der Waals surface area (Å²) in [4.78, 5) is 32.5. The summed E-state index contributed by atoms with van der Waals surface area (Å²) in [5, 5.41) is 0.482. The number of thiazole rings is 1. The maximum absolute atomic E-state index is 12.3. The Morgan fingerprint density at radius 3 is 2.50 bits per heavy atom. The summed E-state index contributed by atoms with van der Waals surface area (Å²) in [6, 6.07) is 3.66. The second-order valence-electron chi connectivity index (χ2n) is 7.64. The van der Waals surface area contributed by atoms with E-state index in [2.05, 4.69) is 9.88 Å². The molecule has 3 rings (SSSR count). The molecule has 1 aromatic carbocycles. The number of fused-ring (bicyclic) bond motifs is 1. The molecule has 28 heavy (non-hydrogen) atoms. The molecular formula is C19H25N3O5S. The van der Waals surface area contributed by atoms with Gasteiger partial charge in [0.2, 0.25) is 0 Å². The molecule has 0 spiro atoms. The van der Waals surface area contributed by atoms with E-state index in [-0.39, 0.29) is 12.1 Å². The first-order valence-electron chi connectivity index (χ1n) is 8.91. The Labute approximate surface area is 168 Å². The Hall–Kier alpha value is -2.55. The van der Waals surface area contributed by atoms with Crippen LogP contribution in [0.4, 0.5) is 10.5 Å². The fraction of sp³-hybridized carbons (Fsp3) is 0.526. The minimum absolute atomic E-state index is 0.0556. The lowest BCUT2D eigenvalue weighted by Crippen LogP contribution is -2.60. The van der Waals surface area contributed by atoms with E-state index in [1.54, 1.807) is 25.1 Å². The van der Waals surface area contributed by atoms with E-state index in [0.717, 1.165) is 10.4 Å². The normalized spacial score (nSPS) is 14.6. The molecule has 8 nitrogen and oxygen atoms in total. The molecule has 0 unspecified atom stereocenters. The largest absolute Gasteiger partial charge is 0.473 e. The zero-order chi connectivity index (χ0) is 20.6. The van der Waals surface area contributed by atoms with Gasteiger partial charge in [-0.15, -0.1) is 0 Å². The number of carbonyl (C=O) groups excluding carboxylic acids is 2. The summed E-state index contributed by atoms with van der Waals surface area (Å²) in [5.74, 6) is -0.435. The summed E-state index contributed by atoms with van der Waals surface area (Å²) in [7, 11) is 4.64. The van der Waals surface area contributed by atoms with Gasteiger partial charge in [0.05, 0.1) is 36.2 Å². The Bertz CT molecular complexity index is 899. The van der Waals surface area contributed by atoms with Gasteiger partial charge in [0, 0.05) is 20.1 Å². The molecule has 0 N–H and O–H groups in total. The number of ether oxygens (including phenoxy) is 3. The lowest BCUT2D eigenvalue weighted by Gasteiger charge is -2.45.